The zero-order chi connectivity index (χ0) is 9.14. The highest BCUT2D eigenvalue weighted by atomic mass is 79.9. The molecule has 0 aliphatic carbocycles. The second kappa shape index (κ2) is 3.91. The first kappa shape index (κ1) is 9.54. The number of halogens is 3. The summed E-state index contributed by atoms with van der Waals surface area (Å²) in [4.78, 5) is 3.57. The lowest BCUT2D eigenvalue weighted by molar-refractivity contribution is 0.145. The third-order valence-corrected chi connectivity index (χ3v) is 2.00. The van der Waals surface area contributed by atoms with Gasteiger partial charge in [0.25, 0.3) is 6.43 Å². The summed E-state index contributed by atoms with van der Waals surface area (Å²) in [7, 11) is 0. The number of nitrogens with zero attached hydrogens (tertiary/aromatic N) is 1. The van der Waals surface area contributed by atoms with E-state index in [1.807, 2.05) is 0 Å². The molecule has 5 heteroatoms. The van der Waals surface area contributed by atoms with Gasteiger partial charge in [-0.1, -0.05) is 0 Å². The number of alkyl halides is 2. The lowest BCUT2D eigenvalue weighted by Gasteiger charge is -2.03. The zero-order valence-corrected chi connectivity index (χ0v) is 7.68. The van der Waals surface area contributed by atoms with Crippen LogP contribution in [0.3, 0.4) is 0 Å². The molecule has 12 heavy (non-hydrogen) atoms. The van der Waals surface area contributed by atoms with Gasteiger partial charge in [0.15, 0.2) is 0 Å². The fraction of sp³-hybridized carbons (Fsp3) is 0.286. The van der Waals surface area contributed by atoms with Crippen LogP contribution in [0.4, 0.5) is 8.78 Å². The van der Waals surface area contributed by atoms with E-state index >= 15 is 0 Å². The fourth-order valence-electron chi connectivity index (χ4n) is 0.760. The van der Waals surface area contributed by atoms with Gasteiger partial charge in [-0.05, 0) is 27.6 Å². The topological polar surface area (TPSA) is 38.9 Å². The minimum atomic E-state index is -2.55. The highest BCUT2D eigenvalue weighted by molar-refractivity contribution is 9.10. The van der Waals surface area contributed by atoms with Crippen LogP contribution < -0.4 is 5.73 Å². The van der Waals surface area contributed by atoms with Crippen LogP contribution >= 0.6 is 15.9 Å². The summed E-state index contributed by atoms with van der Waals surface area (Å²) in [5.74, 6) is 0. The molecule has 0 saturated carbocycles. The predicted molar refractivity (Wildman–Crippen MR) is 44.8 cm³/mol. The lowest BCUT2D eigenvalue weighted by atomic mass is 10.2. The minimum absolute atomic E-state index is 0.243. The van der Waals surface area contributed by atoms with Gasteiger partial charge in [0.2, 0.25) is 0 Å². The van der Waals surface area contributed by atoms with Crippen molar-refractivity contribution >= 4 is 15.9 Å². The molecule has 0 saturated heterocycles. The summed E-state index contributed by atoms with van der Waals surface area (Å²) in [6.07, 6.45) is -1.20. The Labute approximate surface area is 76.9 Å². The minimum Gasteiger partial charge on any atom is -0.326 e. The van der Waals surface area contributed by atoms with Gasteiger partial charge >= 0.3 is 0 Å². The summed E-state index contributed by atoms with van der Waals surface area (Å²) < 4.78 is 24.6. The highest BCUT2D eigenvalue weighted by Gasteiger charge is 2.12. The Hall–Kier alpha value is -0.550. The monoisotopic (exact) mass is 236 g/mol. The Morgan fingerprint density at radius 1 is 1.58 bits per heavy atom. The molecule has 0 bridgehead atoms. The normalized spacial score (nSPS) is 10.8. The summed E-state index contributed by atoms with van der Waals surface area (Å²) >= 11 is 2.99. The first-order valence-electron chi connectivity index (χ1n) is 3.27. The molecular formula is C7H7BrF2N2. The van der Waals surface area contributed by atoms with E-state index in [1.165, 1.54) is 6.20 Å². The van der Waals surface area contributed by atoms with E-state index in [9.17, 15) is 8.78 Å². The first-order valence-corrected chi connectivity index (χ1v) is 4.07. The molecule has 1 heterocycles. The summed E-state index contributed by atoms with van der Waals surface area (Å²) in [6.45, 7) is 0.301. The maximum absolute atomic E-state index is 12.1. The van der Waals surface area contributed by atoms with Crippen molar-refractivity contribution in [1.82, 2.24) is 4.98 Å². The van der Waals surface area contributed by atoms with Crippen molar-refractivity contribution in [1.29, 1.82) is 0 Å². The van der Waals surface area contributed by atoms with Gasteiger partial charge in [-0.2, -0.15) is 0 Å². The number of pyridine rings is 1. The molecule has 2 nitrogen and oxygen atoms in total. The van der Waals surface area contributed by atoms with Gasteiger partial charge in [0.05, 0.1) is 0 Å². The number of aromatic nitrogens is 1. The smallest absolute Gasteiger partial charge is 0.281 e. The van der Waals surface area contributed by atoms with Crippen LogP contribution in [0.1, 0.15) is 17.7 Å². The van der Waals surface area contributed by atoms with E-state index in [0.29, 0.717) is 11.0 Å². The van der Waals surface area contributed by atoms with Crippen LogP contribution in [-0.2, 0) is 6.54 Å². The quantitative estimate of drug-likeness (QED) is 0.856. The molecule has 0 amide bonds. The van der Waals surface area contributed by atoms with Gasteiger partial charge < -0.3 is 5.73 Å². The zero-order valence-electron chi connectivity index (χ0n) is 6.10. The molecule has 0 fully saturated rings. The van der Waals surface area contributed by atoms with Crippen molar-refractivity contribution < 1.29 is 8.78 Å². The molecule has 1 rings (SSSR count). The third kappa shape index (κ3) is 1.98. The van der Waals surface area contributed by atoms with Crippen LogP contribution in [0.25, 0.3) is 0 Å². The maximum Gasteiger partial charge on any atom is 0.281 e. The molecule has 66 valence electrons. The maximum atomic E-state index is 12.1. The molecule has 0 aliphatic heterocycles. The van der Waals surface area contributed by atoms with Crippen LogP contribution in [0, 0.1) is 0 Å². The second-order valence-electron chi connectivity index (χ2n) is 2.22. The van der Waals surface area contributed by atoms with Crippen molar-refractivity contribution in [3.8, 4) is 0 Å². The number of hydrogen-bond acceptors (Lipinski definition) is 2. The fourth-order valence-corrected chi connectivity index (χ4v) is 1.33. The molecule has 0 aliphatic rings. The van der Waals surface area contributed by atoms with E-state index in [0.717, 1.165) is 5.56 Å². The lowest BCUT2D eigenvalue weighted by Crippen LogP contribution is -1.99. The van der Waals surface area contributed by atoms with Crippen molar-refractivity contribution in [2.24, 2.45) is 5.73 Å². The van der Waals surface area contributed by atoms with Crippen molar-refractivity contribution in [3.05, 3.63) is 28.0 Å². The molecule has 0 unspecified atom stereocenters. The van der Waals surface area contributed by atoms with Gasteiger partial charge in [0.1, 0.15) is 5.69 Å². The molecule has 0 aromatic carbocycles. The molecule has 2 N–H and O–H groups in total. The van der Waals surface area contributed by atoms with Crippen molar-refractivity contribution in [2.45, 2.75) is 13.0 Å². The summed E-state index contributed by atoms with van der Waals surface area (Å²) in [6, 6.07) is 1.55. The molecule has 0 spiro atoms. The number of rotatable bonds is 2. The van der Waals surface area contributed by atoms with Gasteiger partial charge in [-0.25, -0.2) is 8.78 Å². The van der Waals surface area contributed by atoms with E-state index in [1.54, 1.807) is 6.07 Å². The van der Waals surface area contributed by atoms with E-state index in [4.69, 9.17) is 5.73 Å². The first-order chi connectivity index (χ1) is 5.65. The molecule has 0 radical (unpaired) electrons. The SMILES string of the molecule is NCc1cnc(C(F)F)c(Br)c1. The predicted octanol–water partition coefficient (Wildman–Crippen LogP) is 2.24. The van der Waals surface area contributed by atoms with Crippen LogP contribution in [0.15, 0.2) is 16.7 Å². The second-order valence-corrected chi connectivity index (χ2v) is 3.07. The van der Waals surface area contributed by atoms with Crippen LogP contribution in [-0.4, -0.2) is 4.98 Å². The Morgan fingerprint density at radius 3 is 2.67 bits per heavy atom. The van der Waals surface area contributed by atoms with Gasteiger partial charge in [0, 0.05) is 17.2 Å². The average Bonchev–Trinajstić information content (AvgIpc) is 2.03. The Bertz CT molecular complexity index is 278. The largest absolute Gasteiger partial charge is 0.326 e. The molecule has 1 aromatic rings. The molecule has 0 atom stereocenters. The average molecular weight is 237 g/mol. The Morgan fingerprint density at radius 2 is 2.25 bits per heavy atom. The van der Waals surface area contributed by atoms with Gasteiger partial charge in [-0.3, -0.25) is 4.98 Å². The van der Waals surface area contributed by atoms with E-state index < -0.39 is 6.43 Å². The standard InChI is InChI=1S/C7H7BrF2N2/c8-5-1-4(2-11)3-12-6(5)7(9)10/h1,3,7H,2,11H2. The van der Waals surface area contributed by atoms with Crippen molar-refractivity contribution in [2.75, 3.05) is 0 Å². The summed E-state index contributed by atoms with van der Waals surface area (Å²) in [5, 5.41) is 0. The molecule has 1 aromatic heterocycles. The van der Waals surface area contributed by atoms with E-state index in [-0.39, 0.29) is 5.69 Å². The van der Waals surface area contributed by atoms with Crippen LogP contribution in [0.2, 0.25) is 0 Å². The highest BCUT2D eigenvalue weighted by Crippen LogP contribution is 2.25. The Balaban J connectivity index is 3.03. The third-order valence-electron chi connectivity index (χ3n) is 1.37. The summed E-state index contributed by atoms with van der Waals surface area (Å²) in [5.41, 5.74) is 5.78. The van der Waals surface area contributed by atoms with Crippen LogP contribution in [0.5, 0.6) is 0 Å². The van der Waals surface area contributed by atoms with Gasteiger partial charge in [-0.15, -0.1) is 0 Å². The Kier molecular flexibility index (Phi) is 3.11. The van der Waals surface area contributed by atoms with Crippen molar-refractivity contribution in [3.63, 3.8) is 0 Å². The number of nitrogens with two attached hydrogens (primary N) is 1. The number of hydrogen-bond donors (Lipinski definition) is 1. The molecular weight excluding hydrogens is 230 g/mol. The van der Waals surface area contributed by atoms with E-state index in [2.05, 4.69) is 20.9 Å².